The maximum absolute atomic E-state index is 11.6. The zero-order chi connectivity index (χ0) is 11.8. The summed E-state index contributed by atoms with van der Waals surface area (Å²) in [4.78, 5) is 12.7. The first-order chi connectivity index (χ1) is 7.77. The molecule has 0 aliphatic rings. The van der Waals surface area contributed by atoms with Crippen LogP contribution < -0.4 is 11.1 Å². The zero-order valence-electron chi connectivity index (χ0n) is 9.53. The molecular formula is C12H18N2OS. The lowest BCUT2D eigenvalue weighted by Crippen LogP contribution is -2.12. The van der Waals surface area contributed by atoms with Gasteiger partial charge in [0.2, 0.25) is 5.91 Å². The molecule has 88 valence electrons. The number of amides is 1. The molecular weight excluding hydrogens is 220 g/mol. The molecule has 0 bridgehead atoms. The van der Waals surface area contributed by atoms with Crippen LogP contribution in [-0.2, 0) is 4.79 Å². The van der Waals surface area contributed by atoms with Crippen LogP contribution in [0.25, 0.3) is 0 Å². The second kappa shape index (κ2) is 7.30. The van der Waals surface area contributed by atoms with Crippen molar-refractivity contribution in [1.82, 2.24) is 0 Å². The van der Waals surface area contributed by atoms with Gasteiger partial charge in [-0.2, -0.15) is 0 Å². The number of nitrogens with one attached hydrogen (secondary N) is 1. The molecule has 0 saturated heterocycles. The summed E-state index contributed by atoms with van der Waals surface area (Å²) in [6.45, 7) is 0.647. The van der Waals surface area contributed by atoms with Crippen molar-refractivity contribution >= 4 is 23.4 Å². The monoisotopic (exact) mass is 238 g/mol. The van der Waals surface area contributed by atoms with Gasteiger partial charge in [0.15, 0.2) is 0 Å². The molecule has 0 radical (unpaired) electrons. The van der Waals surface area contributed by atoms with Crippen molar-refractivity contribution in [3.63, 3.8) is 0 Å². The van der Waals surface area contributed by atoms with Crippen molar-refractivity contribution in [3.05, 3.63) is 24.3 Å². The maximum Gasteiger partial charge on any atom is 0.224 e. The van der Waals surface area contributed by atoms with Crippen LogP contribution in [0.15, 0.2) is 29.2 Å². The van der Waals surface area contributed by atoms with Crippen LogP contribution in [0.3, 0.4) is 0 Å². The Morgan fingerprint density at radius 1 is 1.38 bits per heavy atom. The number of hydrogen-bond acceptors (Lipinski definition) is 3. The largest absolute Gasteiger partial charge is 0.330 e. The van der Waals surface area contributed by atoms with Crippen LogP contribution in [0.1, 0.15) is 19.3 Å². The van der Waals surface area contributed by atoms with Crippen LogP contribution in [0.2, 0.25) is 0 Å². The fourth-order valence-corrected chi connectivity index (χ4v) is 1.94. The second-order valence-electron chi connectivity index (χ2n) is 3.49. The standard InChI is InChI=1S/C12H18N2OS/c1-16-11-7-3-2-6-10(11)14-12(15)8-4-5-9-13/h2-3,6-7H,4-5,8-9,13H2,1H3,(H,14,15). The van der Waals surface area contributed by atoms with Gasteiger partial charge in [0.1, 0.15) is 0 Å². The number of benzene rings is 1. The molecule has 1 rings (SSSR count). The highest BCUT2D eigenvalue weighted by atomic mass is 32.2. The van der Waals surface area contributed by atoms with Crippen molar-refractivity contribution in [2.75, 3.05) is 18.1 Å². The molecule has 0 unspecified atom stereocenters. The fraction of sp³-hybridized carbons (Fsp3) is 0.417. The topological polar surface area (TPSA) is 55.1 Å². The molecule has 0 fully saturated rings. The molecule has 1 aromatic carbocycles. The average Bonchev–Trinajstić information content (AvgIpc) is 2.30. The van der Waals surface area contributed by atoms with Gasteiger partial charge in [0, 0.05) is 11.3 Å². The number of anilines is 1. The number of unbranched alkanes of at least 4 members (excludes halogenated alkanes) is 1. The highest BCUT2D eigenvalue weighted by Crippen LogP contribution is 2.24. The van der Waals surface area contributed by atoms with E-state index in [9.17, 15) is 4.79 Å². The van der Waals surface area contributed by atoms with E-state index in [1.165, 1.54) is 0 Å². The fourth-order valence-electron chi connectivity index (χ4n) is 1.39. The molecule has 1 amide bonds. The normalized spacial score (nSPS) is 10.1. The smallest absolute Gasteiger partial charge is 0.224 e. The predicted molar refractivity (Wildman–Crippen MR) is 69.8 cm³/mol. The van der Waals surface area contributed by atoms with Crippen LogP contribution in [0.5, 0.6) is 0 Å². The highest BCUT2D eigenvalue weighted by molar-refractivity contribution is 7.98. The number of thioether (sulfide) groups is 1. The van der Waals surface area contributed by atoms with E-state index in [1.807, 2.05) is 30.5 Å². The summed E-state index contributed by atoms with van der Waals surface area (Å²) in [5, 5.41) is 2.92. The molecule has 0 aromatic heterocycles. The quantitative estimate of drug-likeness (QED) is 0.591. The number of hydrogen-bond donors (Lipinski definition) is 2. The molecule has 3 N–H and O–H groups in total. The summed E-state index contributed by atoms with van der Waals surface area (Å²) >= 11 is 1.63. The van der Waals surface area contributed by atoms with Crippen molar-refractivity contribution < 1.29 is 4.79 Å². The van der Waals surface area contributed by atoms with Crippen molar-refractivity contribution in [1.29, 1.82) is 0 Å². The number of carbonyl (C=O) groups excluding carboxylic acids is 1. The SMILES string of the molecule is CSc1ccccc1NC(=O)CCCCN. The van der Waals surface area contributed by atoms with Crippen molar-refractivity contribution in [2.45, 2.75) is 24.2 Å². The number of carbonyl (C=O) groups is 1. The van der Waals surface area contributed by atoms with E-state index >= 15 is 0 Å². The van der Waals surface area contributed by atoms with Gasteiger partial charge >= 0.3 is 0 Å². The summed E-state index contributed by atoms with van der Waals surface area (Å²) in [5.41, 5.74) is 6.27. The Kier molecular flexibility index (Phi) is 5.96. The van der Waals surface area contributed by atoms with Gasteiger partial charge in [-0.15, -0.1) is 11.8 Å². The van der Waals surface area contributed by atoms with Crippen molar-refractivity contribution in [3.8, 4) is 0 Å². The van der Waals surface area contributed by atoms with Crippen LogP contribution in [0.4, 0.5) is 5.69 Å². The lowest BCUT2D eigenvalue weighted by molar-refractivity contribution is -0.116. The third-order valence-electron chi connectivity index (χ3n) is 2.24. The summed E-state index contributed by atoms with van der Waals surface area (Å²) in [5.74, 6) is 0.0648. The minimum atomic E-state index is 0.0648. The molecule has 0 saturated carbocycles. The third-order valence-corrected chi connectivity index (χ3v) is 3.03. The molecule has 4 heteroatoms. The van der Waals surface area contributed by atoms with Crippen LogP contribution in [-0.4, -0.2) is 18.7 Å². The Hall–Kier alpha value is -1.00. The zero-order valence-corrected chi connectivity index (χ0v) is 10.3. The van der Waals surface area contributed by atoms with Gasteiger partial charge in [-0.3, -0.25) is 4.79 Å². The van der Waals surface area contributed by atoms with Gasteiger partial charge in [-0.05, 0) is 37.8 Å². The molecule has 3 nitrogen and oxygen atoms in total. The Morgan fingerprint density at radius 2 is 2.12 bits per heavy atom. The van der Waals surface area contributed by atoms with E-state index in [4.69, 9.17) is 5.73 Å². The predicted octanol–water partition coefficient (Wildman–Crippen LogP) is 2.48. The first-order valence-electron chi connectivity index (χ1n) is 5.41. The van der Waals surface area contributed by atoms with Gasteiger partial charge in [-0.25, -0.2) is 0 Å². The summed E-state index contributed by atoms with van der Waals surface area (Å²) in [7, 11) is 0. The van der Waals surface area contributed by atoms with E-state index in [2.05, 4.69) is 5.32 Å². The summed E-state index contributed by atoms with van der Waals surface area (Å²) in [6, 6.07) is 7.82. The van der Waals surface area contributed by atoms with E-state index in [1.54, 1.807) is 11.8 Å². The minimum absolute atomic E-state index is 0.0648. The Morgan fingerprint density at radius 3 is 2.81 bits per heavy atom. The van der Waals surface area contributed by atoms with E-state index in [0.717, 1.165) is 23.4 Å². The molecule has 0 heterocycles. The molecule has 0 aliphatic heterocycles. The Labute approximate surface area is 101 Å². The molecule has 16 heavy (non-hydrogen) atoms. The van der Waals surface area contributed by atoms with Crippen LogP contribution >= 0.6 is 11.8 Å². The van der Waals surface area contributed by atoms with Crippen molar-refractivity contribution in [2.24, 2.45) is 5.73 Å². The van der Waals surface area contributed by atoms with E-state index in [0.29, 0.717) is 13.0 Å². The molecule has 0 spiro atoms. The van der Waals surface area contributed by atoms with Gasteiger partial charge in [0.05, 0.1) is 5.69 Å². The van der Waals surface area contributed by atoms with Gasteiger partial charge < -0.3 is 11.1 Å². The van der Waals surface area contributed by atoms with Gasteiger partial charge in [-0.1, -0.05) is 12.1 Å². The Balaban J connectivity index is 2.49. The first-order valence-corrected chi connectivity index (χ1v) is 6.63. The minimum Gasteiger partial charge on any atom is -0.330 e. The molecule has 0 aliphatic carbocycles. The number of rotatable bonds is 6. The lowest BCUT2D eigenvalue weighted by atomic mass is 10.2. The summed E-state index contributed by atoms with van der Waals surface area (Å²) in [6.07, 6.45) is 4.29. The van der Waals surface area contributed by atoms with Gasteiger partial charge in [0.25, 0.3) is 0 Å². The number of nitrogens with two attached hydrogens (primary N) is 1. The van der Waals surface area contributed by atoms with E-state index < -0.39 is 0 Å². The van der Waals surface area contributed by atoms with E-state index in [-0.39, 0.29) is 5.91 Å². The third kappa shape index (κ3) is 4.24. The average molecular weight is 238 g/mol. The molecule has 1 aromatic rings. The second-order valence-corrected chi connectivity index (χ2v) is 4.34. The molecule has 0 atom stereocenters. The van der Waals surface area contributed by atoms with Crippen LogP contribution in [0, 0.1) is 0 Å². The lowest BCUT2D eigenvalue weighted by Gasteiger charge is -2.08. The number of para-hydroxylation sites is 1. The first kappa shape index (κ1) is 13.1. The summed E-state index contributed by atoms with van der Waals surface area (Å²) < 4.78 is 0. The maximum atomic E-state index is 11.6. The Bertz CT molecular complexity index is 342. The highest BCUT2D eigenvalue weighted by Gasteiger charge is 2.05.